The summed E-state index contributed by atoms with van der Waals surface area (Å²) in [6.45, 7) is 3.11. The van der Waals surface area contributed by atoms with Gasteiger partial charge in [-0.25, -0.2) is 8.42 Å². The second kappa shape index (κ2) is 15.4. The van der Waals surface area contributed by atoms with Crippen LogP contribution in [0.3, 0.4) is 0 Å². The molecule has 5 rings (SSSR count). The van der Waals surface area contributed by atoms with Crippen molar-refractivity contribution in [1.29, 1.82) is 0 Å². The number of aryl methyl sites for hydroxylation is 2. The second-order valence-corrected chi connectivity index (χ2v) is 14.8. The van der Waals surface area contributed by atoms with Crippen molar-refractivity contribution < 1.29 is 18.0 Å². The van der Waals surface area contributed by atoms with E-state index in [0.29, 0.717) is 26.9 Å². The molecule has 4 aromatic carbocycles. The zero-order chi connectivity index (χ0) is 33.6. The molecule has 2 amide bonds. The van der Waals surface area contributed by atoms with Gasteiger partial charge in [0.2, 0.25) is 11.8 Å². The minimum absolute atomic E-state index is 0.0160. The van der Waals surface area contributed by atoms with E-state index in [4.69, 9.17) is 23.2 Å². The third kappa shape index (κ3) is 8.55. The Bertz CT molecular complexity index is 1810. The van der Waals surface area contributed by atoms with Crippen LogP contribution in [0, 0.1) is 13.8 Å². The highest BCUT2D eigenvalue weighted by Crippen LogP contribution is 2.29. The smallest absolute Gasteiger partial charge is 0.264 e. The summed E-state index contributed by atoms with van der Waals surface area (Å²) in [5.74, 6) is -0.833. The number of halogens is 2. The van der Waals surface area contributed by atoms with Crippen molar-refractivity contribution in [3.63, 3.8) is 0 Å². The number of para-hydroxylation sites is 1. The molecule has 1 fully saturated rings. The van der Waals surface area contributed by atoms with Crippen LogP contribution in [0.1, 0.15) is 47.9 Å². The molecular weight excluding hydrogens is 653 g/mol. The fourth-order valence-corrected chi connectivity index (χ4v) is 7.90. The van der Waals surface area contributed by atoms with E-state index >= 15 is 0 Å². The Labute approximate surface area is 287 Å². The predicted octanol–water partition coefficient (Wildman–Crippen LogP) is 7.50. The van der Waals surface area contributed by atoms with Crippen LogP contribution >= 0.6 is 23.2 Å². The fourth-order valence-electron chi connectivity index (χ4n) is 5.95. The molecule has 0 heterocycles. The Morgan fingerprint density at radius 3 is 2.19 bits per heavy atom. The van der Waals surface area contributed by atoms with Gasteiger partial charge < -0.3 is 10.2 Å². The van der Waals surface area contributed by atoms with Crippen LogP contribution in [-0.4, -0.2) is 43.8 Å². The third-order valence-corrected chi connectivity index (χ3v) is 11.0. The lowest BCUT2D eigenvalue weighted by atomic mass is 10.0. The summed E-state index contributed by atoms with van der Waals surface area (Å²) in [4.78, 5) is 30.4. The zero-order valence-corrected chi connectivity index (χ0v) is 28.9. The SMILES string of the molecule is Cc1ccc(S(=O)(=O)N(CC(=O)N(Cc2ccc(Cl)cc2Cl)[C@H](Cc2ccccc2)C(=O)NC2CCCC2)c2ccccc2C)cc1. The lowest BCUT2D eigenvalue weighted by Crippen LogP contribution is -2.54. The number of nitrogens with zero attached hydrogens (tertiary/aromatic N) is 2. The molecule has 1 aliphatic carbocycles. The van der Waals surface area contributed by atoms with Gasteiger partial charge in [0, 0.05) is 29.1 Å². The largest absolute Gasteiger partial charge is 0.352 e. The molecule has 0 radical (unpaired) electrons. The highest BCUT2D eigenvalue weighted by molar-refractivity contribution is 7.92. The van der Waals surface area contributed by atoms with Crippen molar-refractivity contribution in [2.24, 2.45) is 0 Å². The molecule has 0 saturated heterocycles. The molecule has 4 aromatic rings. The quantitative estimate of drug-likeness (QED) is 0.167. The molecule has 0 aliphatic heterocycles. The maximum atomic E-state index is 14.7. The maximum Gasteiger partial charge on any atom is 0.264 e. The van der Waals surface area contributed by atoms with E-state index in [1.165, 1.54) is 4.90 Å². The van der Waals surface area contributed by atoms with Gasteiger partial charge in [0.25, 0.3) is 10.0 Å². The molecule has 7 nitrogen and oxygen atoms in total. The number of benzene rings is 4. The predicted molar refractivity (Wildman–Crippen MR) is 188 cm³/mol. The standard InChI is InChI=1S/C37H39Cl2N3O4S/c1-26-16-20-32(21-17-26)47(45,46)42(34-15-9-6-10-27(34)2)25-36(43)41(24-29-18-19-30(38)23-33(29)39)35(22-28-11-4-3-5-12-28)37(44)40-31-13-7-8-14-31/h3-6,9-12,15-21,23,31,35H,7-8,13-14,22,24-25H2,1-2H3,(H,40,44)/t35-/m1/s1. The van der Waals surface area contributed by atoms with Crippen LogP contribution in [0.4, 0.5) is 5.69 Å². The molecule has 0 unspecified atom stereocenters. The average Bonchev–Trinajstić information content (AvgIpc) is 3.56. The Morgan fingerprint density at radius 1 is 0.872 bits per heavy atom. The number of anilines is 1. The summed E-state index contributed by atoms with van der Waals surface area (Å²) in [6, 6.07) is 27.1. The number of rotatable bonds is 12. The van der Waals surface area contributed by atoms with Gasteiger partial charge in [-0.05, 0) is 73.7 Å². The molecule has 1 saturated carbocycles. The van der Waals surface area contributed by atoms with Crippen LogP contribution < -0.4 is 9.62 Å². The lowest BCUT2D eigenvalue weighted by Gasteiger charge is -2.35. The normalized spacial score (nSPS) is 14.0. The van der Waals surface area contributed by atoms with E-state index in [1.807, 2.05) is 43.3 Å². The summed E-state index contributed by atoms with van der Waals surface area (Å²) in [7, 11) is -4.19. The molecule has 47 heavy (non-hydrogen) atoms. The number of hydrogen-bond donors (Lipinski definition) is 1. The number of sulfonamides is 1. The summed E-state index contributed by atoms with van der Waals surface area (Å²) < 4.78 is 29.7. The van der Waals surface area contributed by atoms with Gasteiger partial charge >= 0.3 is 0 Å². The Morgan fingerprint density at radius 2 is 1.53 bits per heavy atom. The number of carbonyl (C=O) groups excluding carboxylic acids is 2. The number of nitrogens with one attached hydrogen (secondary N) is 1. The highest BCUT2D eigenvalue weighted by Gasteiger charge is 2.36. The first-order chi connectivity index (χ1) is 22.5. The van der Waals surface area contributed by atoms with Gasteiger partial charge in [-0.1, -0.05) is 108 Å². The summed E-state index contributed by atoms with van der Waals surface area (Å²) >= 11 is 12.8. The first-order valence-corrected chi connectivity index (χ1v) is 18.0. The van der Waals surface area contributed by atoms with Crippen molar-refractivity contribution in [2.45, 2.75) is 69.5 Å². The molecular formula is C37H39Cl2N3O4S. The molecule has 0 aromatic heterocycles. The van der Waals surface area contributed by atoms with E-state index in [0.717, 1.165) is 41.1 Å². The van der Waals surface area contributed by atoms with Crippen LogP contribution in [0.25, 0.3) is 0 Å². The average molecular weight is 693 g/mol. The van der Waals surface area contributed by atoms with Gasteiger partial charge in [-0.15, -0.1) is 0 Å². The lowest BCUT2D eigenvalue weighted by molar-refractivity contribution is -0.140. The second-order valence-electron chi connectivity index (χ2n) is 12.1. The minimum atomic E-state index is -4.19. The van der Waals surface area contributed by atoms with E-state index in [9.17, 15) is 18.0 Å². The van der Waals surface area contributed by atoms with E-state index < -0.39 is 28.5 Å². The van der Waals surface area contributed by atoms with Gasteiger partial charge in [-0.2, -0.15) is 0 Å². The van der Waals surface area contributed by atoms with Crippen molar-refractivity contribution in [3.05, 3.63) is 129 Å². The van der Waals surface area contributed by atoms with Crippen LogP contribution in [0.15, 0.2) is 102 Å². The van der Waals surface area contributed by atoms with Gasteiger partial charge in [0.15, 0.2) is 0 Å². The van der Waals surface area contributed by atoms with Crippen LogP contribution in [0.2, 0.25) is 10.0 Å². The number of hydrogen-bond acceptors (Lipinski definition) is 4. The number of amides is 2. The molecule has 0 bridgehead atoms. The van der Waals surface area contributed by atoms with Crippen molar-refractivity contribution >= 4 is 50.7 Å². The zero-order valence-electron chi connectivity index (χ0n) is 26.5. The topological polar surface area (TPSA) is 86.8 Å². The Balaban J connectivity index is 1.59. The summed E-state index contributed by atoms with van der Waals surface area (Å²) in [6.07, 6.45) is 4.03. The number of carbonyl (C=O) groups is 2. The van der Waals surface area contributed by atoms with Crippen LogP contribution in [0.5, 0.6) is 0 Å². The van der Waals surface area contributed by atoms with E-state index in [1.54, 1.807) is 67.6 Å². The molecule has 10 heteroatoms. The molecule has 1 aliphatic rings. The fraction of sp³-hybridized carbons (Fsp3) is 0.297. The summed E-state index contributed by atoms with van der Waals surface area (Å²) in [5, 5.41) is 3.96. The Kier molecular flexibility index (Phi) is 11.3. The molecule has 1 N–H and O–H groups in total. The maximum absolute atomic E-state index is 14.7. The van der Waals surface area contributed by atoms with Gasteiger partial charge in [-0.3, -0.25) is 13.9 Å². The van der Waals surface area contributed by atoms with Crippen LogP contribution in [-0.2, 0) is 32.6 Å². The Hall–Kier alpha value is -3.85. The van der Waals surface area contributed by atoms with Crippen molar-refractivity contribution in [3.8, 4) is 0 Å². The first kappa shape index (κ1) is 34.5. The molecule has 0 spiro atoms. The molecule has 246 valence electrons. The molecule has 1 atom stereocenters. The minimum Gasteiger partial charge on any atom is -0.352 e. The van der Waals surface area contributed by atoms with Crippen molar-refractivity contribution in [2.75, 3.05) is 10.8 Å². The van der Waals surface area contributed by atoms with E-state index in [-0.39, 0.29) is 29.8 Å². The van der Waals surface area contributed by atoms with Gasteiger partial charge in [0.05, 0.1) is 10.6 Å². The first-order valence-electron chi connectivity index (χ1n) is 15.8. The summed E-state index contributed by atoms with van der Waals surface area (Å²) in [5.41, 5.74) is 3.41. The highest BCUT2D eigenvalue weighted by atomic mass is 35.5. The third-order valence-electron chi connectivity index (χ3n) is 8.60. The van der Waals surface area contributed by atoms with Crippen molar-refractivity contribution in [1.82, 2.24) is 10.2 Å². The van der Waals surface area contributed by atoms with Gasteiger partial charge in [0.1, 0.15) is 12.6 Å². The monoisotopic (exact) mass is 691 g/mol. The van der Waals surface area contributed by atoms with E-state index in [2.05, 4.69) is 5.32 Å².